The molecule has 8 nitrogen and oxygen atoms in total. The van der Waals surface area contributed by atoms with Gasteiger partial charge in [-0.3, -0.25) is 9.59 Å². The predicted octanol–water partition coefficient (Wildman–Crippen LogP) is 3.91. The van der Waals surface area contributed by atoms with E-state index >= 15 is 0 Å². The average Bonchev–Trinajstić information content (AvgIpc) is 3.15. The number of carbonyl (C=O) groups excluding carboxylic acids is 2. The summed E-state index contributed by atoms with van der Waals surface area (Å²) in [6.45, 7) is 3.55. The van der Waals surface area contributed by atoms with Crippen molar-refractivity contribution in [3.63, 3.8) is 0 Å². The summed E-state index contributed by atoms with van der Waals surface area (Å²) < 4.78 is 13.0. The second-order valence-electron chi connectivity index (χ2n) is 13.9. The van der Waals surface area contributed by atoms with Crippen molar-refractivity contribution >= 4 is 17.5 Å². The standard InChI is InChI=1S/C35H45N3O5/c1-37-15-12-23-13-16-42-31(17-23)27-10-8-25(27)20-38-21-34(14-4-6-24-5-2-3-7-28(24)34)22-43-30-11-9-26(18-29(30)38)35(41,33(36)40)19-32(37)39/h2-3,5,7,9,11,18,23,25,27,31,41H,4,6,8,10,12-17,19-22H2,1H3,(H2,36,40). The summed E-state index contributed by atoms with van der Waals surface area (Å²) in [5, 5.41) is 11.8. The van der Waals surface area contributed by atoms with E-state index in [9.17, 15) is 14.7 Å². The van der Waals surface area contributed by atoms with Crippen LogP contribution in [0.25, 0.3) is 0 Å². The number of aryl methyl sites for hydroxylation is 1. The highest BCUT2D eigenvalue weighted by Gasteiger charge is 2.46. The van der Waals surface area contributed by atoms with Gasteiger partial charge in [0.25, 0.3) is 5.91 Å². The Balaban J connectivity index is 1.32. The lowest BCUT2D eigenvalue weighted by molar-refractivity contribution is -0.147. The smallest absolute Gasteiger partial charge is 0.254 e. The number of carbonyl (C=O) groups is 2. The summed E-state index contributed by atoms with van der Waals surface area (Å²) >= 11 is 0. The molecular formula is C35H45N3O5. The van der Waals surface area contributed by atoms with Gasteiger partial charge in [0, 0.05) is 38.7 Å². The first-order valence-electron chi connectivity index (χ1n) is 16.2. The molecule has 5 aliphatic rings. The molecule has 2 aromatic rings. The Kier molecular flexibility index (Phi) is 7.41. The minimum absolute atomic E-state index is 0.167. The van der Waals surface area contributed by atoms with Crippen molar-refractivity contribution in [1.29, 1.82) is 0 Å². The number of amides is 2. The quantitative estimate of drug-likeness (QED) is 0.525. The zero-order valence-electron chi connectivity index (χ0n) is 25.3. The highest BCUT2D eigenvalue weighted by molar-refractivity contribution is 5.91. The predicted molar refractivity (Wildman–Crippen MR) is 164 cm³/mol. The Morgan fingerprint density at radius 1 is 1.12 bits per heavy atom. The van der Waals surface area contributed by atoms with Crippen LogP contribution in [0.15, 0.2) is 42.5 Å². The lowest BCUT2D eigenvalue weighted by Crippen LogP contribution is -2.50. The van der Waals surface area contributed by atoms with Crippen molar-refractivity contribution in [1.82, 2.24) is 4.90 Å². The largest absolute Gasteiger partial charge is 0.490 e. The molecule has 1 saturated carbocycles. The molecule has 6 unspecified atom stereocenters. The number of aliphatic hydroxyl groups is 1. The fraction of sp³-hybridized carbons (Fsp3) is 0.600. The SMILES string of the molecule is CN1CCC2CCOC(C2)C2CCC2CN2CC3(CCCc4ccccc43)COc3ccc(cc32)C(O)(C(N)=O)CC1=O. The molecule has 3 N–H and O–H groups in total. The third kappa shape index (κ3) is 5.10. The van der Waals surface area contributed by atoms with Crippen LogP contribution >= 0.6 is 0 Å². The second-order valence-corrected chi connectivity index (χ2v) is 13.9. The second kappa shape index (κ2) is 11.1. The molecule has 4 bridgehead atoms. The maximum Gasteiger partial charge on any atom is 0.254 e. The average molecular weight is 588 g/mol. The van der Waals surface area contributed by atoms with Crippen LogP contribution in [0.5, 0.6) is 5.75 Å². The first-order valence-corrected chi connectivity index (χ1v) is 16.2. The number of benzene rings is 2. The third-order valence-corrected chi connectivity index (χ3v) is 11.4. The number of rotatable bonds is 1. The van der Waals surface area contributed by atoms with Crippen molar-refractivity contribution in [2.45, 2.75) is 74.9 Å². The lowest BCUT2D eigenvalue weighted by Gasteiger charge is -2.48. The van der Waals surface area contributed by atoms with Gasteiger partial charge in [-0.1, -0.05) is 30.3 Å². The van der Waals surface area contributed by atoms with Gasteiger partial charge in [0.15, 0.2) is 5.60 Å². The summed E-state index contributed by atoms with van der Waals surface area (Å²) in [4.78, 5) is 30.3. The van der Waals surface area contributed by atoms with Crippen LogP contribution in [0.2, 0.25) is 0 Å². The minimum Gasteiger partial charge on any atom is -0.490 e. The Labute approximate surface area is 254 Å². The van der Waals surface area contributed by atoms with Gasteiger partial charge in [-0.15, -0.1) is 0 Å². The Hall–Kier alpha value is -3.10. The van der Waals surface area contributed by atoms with E-state index in [1.165, 1.54) is 17.5 Å². The van der Waals surface area contributed by atoms with Crippen molar-refractivity contribution in [3.8, 4) is 5.75 Å². The fourth-order valence-electron chi connectivity index (χ4n) is 8.58. The molecule has 3 heterocycles. The van der Waals surface area contributed by atoms with Crippen LogP contribution < -0.4 is 15.4 Å². The molecule has 6 atom stereocenters. The third-order valence-electron chi connectivity index (χ3n) is 11.4. The van der Waals surface area contributed by atoms with E-state index in [1.54, 1.807) is 18.0 Å². The number of nitrogens with two attached hydrogens (primary N) is 1. The Morgan fingerprint density at radius 3 is 2.79 bits per heavy atom. The lowest BCUT2D eigenvalue weighted by atomic mass is 9.67. The van der Waals surface area contributed by atoms with Gasteiger partial charge in [0.05, 0.1) is 24.8 Å². The van der Waals surface area contributed by atoms with Crippen LogP contribution in [0.4, 0.5) is 5.69 Å². The van der Waals surface area contributed by atoms with Crippen LogP contribution in [0, 0.1) is 17.8 Å². The van der Waals surface area contributed by atoms with Gasteiger partial charge in [-0.05, 0) is 97.9 Å². The molecule has 230 valence electrons. The van der Waals surface area contributed by atoms with Gasteiger partial charge in [0.1, 0.15) is 5.75 Å². The van der Waals surface area contributed by atoms with E-state index in [2.05, 4.69) is 29.2 Å². The van der Waals surface area contributed by atoms with E-state index in [0.29, 0.717) is 36.5 Å². The highest BCUT2D eigenvalue weighted by Crippen LogP contribution is 2.48. The Morgan fingerprint density at radius 2 is 1.98 bits per heavy atom. The molecule has 1 spiro atoms. The van der Waals surface area contributed by atoms with E-state index < -0.39 is 17.9 Å². The number of nitrogens with zero attached hydrogens (tertiary/aromatic N) is 2. The number of ether oxygens (including phenoxy) is 2. The van der Waals surface area contributed by atoms with Crippen molar-refractivity contribution in [2.24, 2.45) is 23.5 Å². The van der Waals surface area contributed by atoms with Crippen molar-refractivity contribution < 1.29 is 24.2 Å². The summed E-state index contributed by atoms with van der Waals surface area (Å²) in [5.74, 6) is 1.01. The maximum absolute atomic E-state index is 13.4. The number of primary amides is 1. The van der Waals surface area contributed by atoms with Crippen LogP contribution in [0.3, 0.4) is 0 Å². The molecule has 0 aromatic heterocycles. The molecule has 7 rings (SSSR count). The summed E-state index contributed by atoms with van der Waals surface area (Å²) in [5.41, 5.74) is 7.52. The summed E-state index contributed by atoms with van der Waals surface area (Å²) in [6, 6.07) is 14.2. The number of fused-ring (bicyclic) bond motifs is 7. The van der Waals surface area contributed by atoms with Gasteiger partial charge in [-0.2, -0.15) is 0 Å². The van der Waals surface area contributed by atoms with Gasteiger partial charge in [-0.25, -0.2) is 0 Å². The summed E-state index contributed by atoms with van der Waals surface area (Å²) in [7, 11) is 1.75. The van der Waals surface area contributed by atoms with Gasteiger partial charge < -0.3 is 30.1 Å². The molecule has 2 aromatic carbocycles. The molecule has 3 aliphatic heterocycles. The van der Waals surface area contributed by atoms with E-state index in [1.807, 2.05) is 12.1 Å². The molecule has 2 aliphatic carbocycles. The minimum atomic E-state index is -2.12. The maximum atomic E-state index is 13.4. The Bertz CT molecular complexity index is 1400. The number of hydrogen-bond acceptors (Lipinski definition) is 6. The monoisotopic (exact) mass is 587 g/mol. The normalized spacial score (nSPS) is 34.3. The molecule has 1 saturated heterocycles. The molecule has 2 amide bonds. The molecule has 8 heteroatoms. The molecule has 2 fully saturated rings. The topological polar surface area (TPSA) is 105 Å². The first kappa shape index (κ1) is 28.7. The summed E-state index contributed by atoms with van der Waals surface area (Å²) in [6.07, 6.45) is 8.33. The van der Waals surface area contributed by atoms with Gasteiger partial charge in [0.2, 0.25) is 5.91 Å². The van der Waals surface area contributed by atoms with E-state index in [4.69, 9.17) is 15.2 Å². The first-order chi connectivity index (χ1) is 20.8. The van der Waals surface area contributed by atoms with Crippen molar-refractivity contribution in [3.05, 3.63) is 59.2 Å². The highest BCUT2D eigenvalue weighted by atomic mass is 16.5. The molecule has 43 heavy (non-hydrogen) atoms. The zero-order valence-corrected chi connectivity index (χ0v) is 25.3. The van der Waals surface area contributed by atoms with Gasteiger partial charge >= 0.3 is 0 Å². The van der Waals surface area contributed by atoms with E-state index in [-0.39, 0.29) is 17.4 Å². The van der Waals surface area contributed by atoms with Crippen LogP contribution in [0.1, 0.15) is 68.1 Å². The fourth-order valence-corrected chi connectivity index (χ4v) is 8.58. The number of hydrogen-bond donors (Lipinski definition) is 2. The molecule has 0 radical (unpaired) electrons. The number of anilines is 1. The van der Waals surface area contributed by atoms with Crippen LogP contribution in [-0.4, -0.2) is 67.8 Å². The van der Waals surface area contributed by atoms with Crippen LogP contribution in [-0.2, 0) is 31.8 Å². The zero-order chi connectivity index (χ0) is 29.8. The van der Waals surface area contributed by atoms with Crippen molar-refractivity contribution in [2.75, 3.05) is 44.8 Å². The molecular weight excluding hydrogens is 542 g/mol. The van der Waals surface area contributed by atoms with E-state index in [0.717, 1.165) is 76.1 Å².